The molecular formula is C10H15Cl2NO2S. The zero-order valence-corrected chi connectivity index (χ0v) is 11.2. The van der Waals surface area contributed by atoms with Gasteiger partial charge in [0.25, 0.3) is 0 Å². The van der Waals surface area contributed by atoms with Gasteiger partial charge in [-0.2, -0.15) is 11.8 Å². The molecule has 0 unspecified atom stereocenters. The van der Waals surface area contributed by atoms with Crippen LogP contribution in [0.15, 0.2) is 0 Å². The topological polar surface area (TPSA) is 49.3 Å². The Balaban J connectivity index is 1.76. The highest BCUT2D eigenvalue weighted by Gasteiger charge is 2.56. The molecule has 92 valence electrons. The fourth-order valence-electron chi connectivity index (χ4n) is 1.80. The summed E-state index contributed by atoms with van der Waals surface area (Å²) >= 11 is 13.4. The Labute approximate surface area is 109 Å². The van der Waals surface area contributed by atoms with E-state index in [4.69, 9.17) is 23.2 Å². The van der Waals surface area contributed by atoms with Gasteiger partial charge in [0.1, 0.15) is 4.33 Å². The third-order valence-corrected chi connectivity index (χ3v) is 4.98. The molecule has 16 heavy (non-hydrogen) atoms. The Morgan fingerprint density at radius 2 is 2.00 bits per heavy atom. The minimum Gasteiger partial charge on any atom is -0.388 e. The average molecular weight is 284 g/mol. The Morgan fingerprint density at radius 3 is 2.50 bits per heavy atom. The van der Waals surface area contributed by atoms with Crippen LogP contribution in [0.5, 0.6) is 0 Å². The summed E-state index contributed by atoms with van der Waals surface area (Å²) in [5.41, 5.74) is -0.739. The van der Waals surface area contributed by atoms with E-state index in [-0.39, 0.29) is 11.8 Å². The van der Waals surface area contributed by atoms with Crippen LogP contribution >= 0.6 is 35.0 Å². The molecule has 1 heterocycles. The van der Waals surface area contributed by atoms with E-state index in [1.54, 1.807) is 0 Å². The second-order valence-corrected chi connectivity index (χ2v) is 7.34. The van der Waals surface area contributed by atoms with Gasteiger partial charge in [0.15, 0.2) is 0 Å². The number of amides is 1. The lowest BCUT2D eigenvalue weighted by Crippen LogP contribution is -2.46. The molecular weight excluding hydrogens is 269 g/mol. The monoisotopic (exact) mass is 283 g/mol. The van der Waals surface area contributed by atoms with Crippen molar-refractivity contribution in [2.45, 2.75) is 29.2 Å². The van der Waals surface area contributed by atoms with Crippen LogP contribution in [0.3, 0.4) is 0 Å². The second-order valence-electron chi connectivity index (χ2n) is 4.57. The predicted octanol–water partition coefficient (Wildman–Crippen LogP) is 1.55. The van der Waals surface area contributed by atoms with Crippen molar-refractivity contribution >= 4 is 40.9 Å². The molecule has 1 saturated carbocycles. The van der Waals surface area contributed by atoms with Crippen molar-refractivity contribution in [3.63, 3.8) is 0 Å². The highest BCUT2D eigenvalue weighted by Crippen LogP contribution is 2.53. The number of alkyl halides is 2. The number of rotatable bonds is 3. The van der Waals surface area contributed by atoms with Gasteiger partial charge in [-0.3, -0.25) is 4.79 Å². The van der Waals surface area contributed by atoms with E-state index in [1.165, 1.54) is 0 Å². The number of thioether (sulfide) groups is 1. The summed E-state index contributed by atoms with van der Waals surface area (Å²) < 4.78 is -0.880. The van der Waals surface area contributed by atoms with Gasteiger partial charge in [0.05, 0.1) is 11.5 Å². The summed E-state index contributed by atoms with van der Waals surface area (Å²) in [7, 11) is 0. The molecule has 1 amide bonds. The molecule has 1 aliphatic heterocycles. The van der Waals surface area contributed by atoms with Gasteiger partial charge in [-0.1, -0.05) is 0 Å². The first-order chi connectivity index (χ1) is 7.43. The number of hydrogen-bond acceptors (Lipinski definition) is 3. The quantitative estimate of drug-likeness (QED) is 0.773. The first kappa shape index (κ1) is 12.8. The van der Waals surface area contributed by atoms with E-state index in [1.807, 2.05) is 11.8 Å². The van der Waals surface area contributed by atoms with E-state index >= 15 is 0 Å². The minimum atomic E-state index is -0.880. The number of carbonyl (C=O) groups is 1. The SMILES string of the molecule is O=C(NCC1(O)CCSCC1)[C@H]1CC1(Cl)Cl. The van der Waals surface area contributed by atoms with Crippen LogP contribution in [0.1, 0.15) is 19.3 Å². The zero-order chi connectivity index (χ0) is 11.8. The lowest BCUT2D eigenvalue weighted by molar-refractivity contribution is -0.123. The molecule has 2 fully saturated rings. The highest BCUT2D eigenvalue weighted by atomic mass is 35.5. The van der Waals surface area contributed by atoms with E-state index in [0.717, 1.165) is 24.3 Å². The van der Waals surface area contributed by atoms with Gasteiger partial charge in [0, 0.05) is 6.54 Å². The van der Waals surface area contributed by atoms with E-state index in [9.17, 15) is 9.90 Å². The summed E-state index contributed by atoms with van der Waals surface area (Å²) in [6.45, 7) is 0.312. The van der Waals surface area contributed by atoms with E-state index in [0.29, 0.717) is 13.0 Å². The lowest BCUT2D eigenvalue weighted by Gasteiger charge is -2.31. The van der Waals surface area contributed by atoms with Crippen LogP contribution in [0, 0.1) is 5.92 Å². The number of aliphatic hydroxyl groups is 1. The number of nitrogens with one attached hydrogen (secondary N) is 1. The van der Waals surface area contributed by atoms with Crippen molar-refractivity contribution in [1.29, 1.82) is 0 Å². The molecule has 2 aliphatic rings. The van der Waals surface area contributed by atoms with E-state index < -0.39 is 9.93 Å². The second kappa shape index (κ2) is 4.56. The fourth-order valence-corrected chi connectivity index (χ4v) is 3.56. The van der Waals surface area contributed by atoms with Crippen LogP contribution < -0.4 is 5.32 Å². The molecule has 6 heteroatoms. The third kappa shape index (κ3) is 2.97. The van der Waals surface area contributed by atoms with Crippen LogP contribution in [-0.2, 0) is 4.79 Å². The van der Waals surface area contributed by atoms with Crippen LogP contribution in [0.2, 0.25) is 0 Å². The molecule has 0 bridgehead atoms. The summed E-state index contributed by atoms with van der Waals surface area (Å²) in [5, 5.41) is 12.9. The Kier molecular flexibility index (Phi) is 3.65. The molecule has 0 aromatic carbocycles. The van der Waals surface area contributed by atoms with Crippen LogP contribution in [0.25, 0.3) is 0 Å². The maximum atomic E-state index is 11.6. The summed E-state index contributed by atoms with van der Waals surface area (Å²) in [5.74, 6) is 1.45. The lowest BCUT2D eigenvalue weighted by atomic mass is 9.97. The Bertz CT molecular complexity index is 293. The van der Waals surface area contributed by atoms with Crippen molar-refractivity contribution in [3.05, 3.63) is 0 Å². The molecule has 0 aromatic heterocycles. The molecule has 2 rings (SSSR count). The van der Waals surface area contributed by atoms with Gasteiger partial charge >= 0.3 is 0 Å². The normalized spacial score (nSPS) is 30.8. The largest absolute Gasteiger partial charge is 0.388 e. The first-order valence-electron chi connectivity index (χ1n) is 5.39. The summed E-state index contributed by atoms with van der Waals surface area (Å²) in [6.07, 6.45) is 1.97. The van der Waals surface area contributed by atoms with Crippen molar-refractivity contribution < 1.29 is 9.90 Å². The molecule has 2 N–H and O–H groups in total. The van der Waals surface area contributed by atoms with Crippen molar-refractivity contribution in [1.82, 2.24) is 5.32 Å². The van der Waals surface area contributed by atoms with Crippen LogP contribution in [-0.4, -0.2) is 39.0 Å². The molecule has 1 aliphatic carbocycles. The number of halogens is 2. The number of carbonyl (C=O) groups excluding carboxylic acids is 1. The van der Waals surface area contributed by atoms with Gasteiger partial charge < -0.3 is 10.4 Å². The van der Waals surface area contributed by atoms with Gasteiger partial charge in [-0.15, -0.1) is 23.2 Å². The Morgan fingerprint density at radius 1 is 1.44 bits per heavy atom. The van der Waals surface area contributed by atoms with Crippen molar-refractivity contribution in [3.8, 4) is 0 Å². The number of hydrogen-bond donors (Lipinski definition) is 2. The van der Waals surface area contributed by atoms with Crippen molar-refractivity contribution in [2.75, 3.05) is 18.1 Å². The summed E-state index contributed by atoms with van der Waals surface area (Å²) in [4.78, 5) is 11.6. The molecule has 0 aromatic rings. The Hall–Kier alpha value is 0.360. The van der Waals surface area contributed by atoms with Gasteiger partial charge in [0.2, 0.25) is 5.91 Å². The summed E-state index contributed by atoms with van der Waals surface area (Å²) in [6, 6.07) is 0. The van der Waals surface area contributed by atoms with E-state index in [2.05, 4.69) is 5.32 Å². The highest BCUT2D eigenvalue weighted by molar-refractivity contribution is 7.99. The first-order valence-corrected chi connectivity index (χ1v) is 7.30. The molecule has 1 atom stereocenters. The van der Waals surface area contributed by atoms with Gasteiger partial charge in [-0.05, 0) is 30.8 Å². The molecule has 0 radical (unpaired) electrons. The maximum absolute atomic E-state index is 11.6. The fraction of sp³-hybridized carbons (Fsp3) is 0.900. The third-order valence-electron chi connectivity index (χ3n) is 3.16. The van der Waals surface area contributed by atoms with Crippen LogP contribution in [0.4, 0.5) is 0 Å². The minimum absolute atomic E-state index is 0.142. The van der Waals surface area contributed by atoms with Gasteiger partial charge in [-0.25, -0.2) is 0 Å². The zero-order valence-electron chi connectivity index (χ0n) is 8.84. The molecule has 3 nitrogen and oxygen atoms in total. The molecule has 1 saturated heterocycles. The smallest absolute Gasteiger partial charge is 0.226 e. The predicted molar refractivity (Wildman–Crippen MR) is 67.1 cm³/mol. The standard InChI is InChI=1S/C10H15Cl2NO2S/c11-10(12)5-7(10)8(14)13-6-9(15)1-3-16-4-2-9/h7,15H,1-6H2,(H,13,14)/t7-/m1/s1. The molecule has 0 spiro atoms. The maximum Gasteiger partial charge on any atom is 0.226 e. The van der Waals surface area contributed by atoms with Crippen molar-refractivity contribution in [2.24, 2.45) is 5.92 Å². The average Bonchev–Trinajstić information content (AvgIpc) is 2.86.